The zero-order valence-electron chi connectivity index (χ0n) is 21.4. The maximum atomic E-state index is 13.2. The lowest BCUT2D eigenvalue weighted by Crippen LogP contribution is -2.27. The van der Waals surface area contributed by atoms with Crippen LogP contribution < -0.4 is 0 Å². The predicted molar refractivity (Wildman–Crippen MR) is 147 cm³/mol. The van der Waals surface area contributed by atoms with Crippen molar-refractivity contribution in [2.75, 3.05) is 0 Å². The second-order valence-electron chi connectivity index (χ2n) is 10.7. The van der Waals surface area contributed by atoms with Crippen LogP contribution in [0.5, 0.6) is 0 Å². The van der Waals surface area contributed by atoms with Crippen molar-refractivity contribution in [1.82, 2.24) is 9.78 Å². The summed E-state index contributed by atoms with van der Waals surface area (Å²) in [6.45, 7) is 5.41. The van der Waals surface area contributed by atoms with E-state index >= 15 is 0 Å². The van der Waals surface area contributed by atoms with E-state index in [-0.39, 0.29) is 18.0 Å². The van der Waals surface area contributed by atoms with E-state index in [2.05, 4.69) is 17.2 Å². The summed E-state index contributed by atoms with van der Waals surface area (Å²) in [4.78, 5) is 38.6. The summed E-state index contributed by atoms with van der Waals surface area (Å²) in [6, 6.07) is 25.4. The molecule has 0 fully saturated rings. The van der Waals surface area contributed by atoms with Gasteiger partial charge in [-0.15, -0.1) is 0 Å². The third-order valence-corrected chi connectivity index (χ3v) is 6.91. The third kappa shape index (κ3) is 4.08. The Balaban J connectivity index is 1.37. The minimum atomic E-state index is -0.618. The van der Waals surface area contributed by atoms with Crippen LogP contribution in [0.2, 0.25) is 0 Å². The molecule has 6 heteroatoms. The van der Waals surface area contributed by atoms with Crippen molar-refractivity contribution < 1.29 is 19.1 Å². The van der Waals surface area contributed by atoms with Gasteiger partial charge in [0.05, 0.1) is 18.0 Å². The Morgan fingerprint density at radius 1 is 0.868 bits per heavy atom. The van der Waals surface area contributed by atoms with E-state index in [1.165, 1.54) is 4.68 Å². The maximum absolute atomic E-state index is 13.2. The van der Waals surface area contributed by atoms with E-state index in [1.807, 2.05) is 60.7 Å². The second-order valence-corrected chi connectivity index (χ2v) is 10.7. The number of hydrogen-bond donors (Lipinski definition) is 0. The van der Waals surface area contributed by atoms with E-state index in [1.54, 1.807) is 33.0 Å². The highest BCUT2D eigenvalue weighted by Gasteiger charge is 2.35. The third-order valence-electron chi connectivity index (χ3n) is 6.91. The SMILES string of the molecule is CC(C)(C)OC(=O)n1ccc(-c2ccc(C3C(=O)CC(=O)c4c3ccc3c4ccc4ccccc43)cc2)n1. The molecule has 0 N–H and O–H groups in total. The Labute approximate surface area is 219 Å². The first-order valence-corrected chi connectivity index (χ1v) is 12.6. The molecular weight excluding hydrogens is 476 g/mol. The molecule has 1 aromatic heterocycles. The van der Waals surface area contributed by atoms with Crippen molar-refractivity contribution in [1.29, 1.82) is 0 Å². The van der Waals surface area contributed by atoms with Gasteiger partial charge in [0.25, 0.3) is 0 Å². The number of carbonyl (C=O) groups is 3. The number of carbonyl (C=O) groups excluding carboxylic acids is 3. The van der Waals surface area contributed by atoms with Crippen molar-refractivity contribution >= 4 is 39.2 Å². The van der Waals surface area contributed by atoms with Gasteiger partial charge in [-0.3, -0.25) is 9.59 Å². The van der Waals surface area contributed by atoms with Crippen LogP contribution in [0.1, 0.15) is 54.6 Å². The Morgan fingerprint density at radius 2 is 1.61 bits per heavy atom. The van der Waals surface area contributed by atoms with Gasteiger partial charge in [-0.2, -0.15) is 9.78 Å². The fourth-order valence-electron chi connectivity index (χ4n) is 5.28. The normalized spacial score (nSPS) is 15.6. The summed E-state index contributed by atoms with van der Waals surface area (Å²) in [6.07, 6.45) is 0.902. The van der Waals surface area contributed by atoms with Crippen LogP contribution in [-0.4, -0.2) is 33.0 Å². The average molecular weight is 503 g/mol. The van der Waals surface area contributed by atoms with E-state index < -0.39 is 17.6 Å². The quantitative estimate of drug-likeness (QED) is 0.193. The van der Waals surface area contributed by atoms with Gasteiger partial charge >= 0.3 is 6.09 Å². The fraction of sp³-hybridized carbons (Fsp3) is 0.188. The highest BCUT2D eigenvalue weighted by Crippen LogP contribution is 2.40. The van der Waals surface area contributed by atoms with Crippen LogP contribution >= 0.6 is 0 Å². The number of ketones is 2. The number of Topliss-reactive ketones (excluding diaryl/α,β-unsaturated/α-hetero) is 2. The second kappa shape index (κ2) is 8.77. The standard InChI is InChI=1S/C32H26N2O4/c1-32(2,3)38-31(37)34-17-16-26(33-34)20-8-10-21(11-9-20)29-25-15-14-23-22-7-5-4-6-19(22)12-13-24(23)30(25)28(36)18-27(29)35/h4-17,29H,18H2,1-3H3. The molecule has 1 heterocycles. The zero-order valence-corrected chi connectivity index (χ0v) is 21.4. The number of fused-ring (bicyclic) bond motifs is 5. The highest BCUT2D eigenvalue weighted by molar-refractivity contribution is 6.23. The van der Waals surface area contributed by atoms with Crippen LogP contribution in [0.4, 0.5) is 4.79 Å². The average Bonchev–Trinajstić information content (AvgIpc) is 3.38. The summed E-state index contributed by atoms with van der Waals surface area (Å²) in [5, 5.41) is 8.45. The Hall–Kier alpha value is -4.58. The van der Waals surface area contributed by atoms with Gasteiger partial charge < -0.3 is 4.74 Å². The van der Waals surface area contributed by atoms with Crippen LogP contribution in [0.3, 0.4) is 0 Å². The number of nitrogens with zero attached hydrogens (tertiary/aromatic N) is 2. The molecule has 6 nitrogen and oxygen atoms in total. The number of rotatable bonds is 2. The van der Waals surface area contributed by atoms with Gasteiger partial charge in [-0.05, 0) is 59.5 Å². The lowest BCUT2D eigenvalue weighted by molar-refractivity contribution is -0.119. The summed E-state index contributed by atoms with van der Waals surface area (Å²) < 4.78 is 6.55. The predicted octanol–water partition coefficient (Wildman–Crippen LogP) is 6.93. The first kappa shape index (κ1) is 23.8. The molecule has 1 unspecified atom stereocenters. The zero-order chi connectivity index (χ0) is 26.6. The van der Waals surface area contributed by atoms with Crippen molar-refractivity contribution in [3.05, 3.63) is 102 Å². The summed E-state index contributed by atoms with van der Waals surface area (Å²) >= 11 is 0. The molecule has 0 saturated carbocycles. The maximum Gasteiger partial charge on any atom is 0.435 e. The van der Waals surface area contributed by atoms with E-state index in [9.17, 15) is 14.4 Å². The minimum absolute atomic E-state index is 0.107. The van der Waals surface area contributed by atoms with Crippen molar-refractivity contribution in [2.45, 2.75) is 38.7 Å². The lowest BCUT2D eigenvalue weighted by atomic mass is 9.75. The molecule has 0 spiro atoms. The molecule has 0 bridgehead atoms. The molecule has 1 atom stereocenters. The molecule has 38 heavy (non-hydrogen) atoms. The van der Waals surface area contributed by atoms with Gasteiger partial charge in [-0.1, -0.05) is 72.8 Å². The van der Waals surface area contributed by atoms with Crippen molar-refractivity contribution in [2.24, 2.45) is 0 Å². The number of hydrogen-bond acceptors (Lipinski definition) is 5. The summed E-state index contributed by atoms with van der Waals surface area (Å²) in [5.41, 5.74) is 3.01. The molecule has 1 aliphatic rings. The van der Waals surface area contributed by atoms with E-state index in [0.717, 1.165) is 38.2 Å². The van der Waals surface area contributed by atoms with Crippen LogP contribution in [0.15, 0.2) is 85.1 Å². The van der Waals surface area contributed by atoms with E-state index in [0.29, 0.717) is 11.3 Å². The Bertz CT molecular complexity index is 1760. The monoisotopic (exact) mass is 502 g/mol. The molecule has 4 aromatic carbocycles. The molecule has 0 saturated heterocycles. The topological polar surface area (TPSA) is 78.3 Å². The van der Waals surface area contributed by atoms with Gasteiger partial charge in [0.15, 0.2) is 11.6 Å². The summed E-state index contributed by atoms with van der Waals surface area (Å²) in [5.74, 6) is -0.761. The van der Waals surface area contributed by atoms with Gasteiger partial charge in [0.1, 0.15) is 5.60 Å². The van der Waals surface area contributed by atoms with E-state index in [4.69, 9.17) is 4.74 Å². The van der Waals surface area contributed by atoms with Gasteiger partial charge in [0, 0.05) is 17.3 Å². The molecule has 5 aromatic rings. The van der Waals surface area contributed by atoms with Crippen molar-refractivity contribution in [3.63, 3.8) is 0 Å². The Morgan fingerprint density at radius 3 is 2.37 bits per heavy atom. The summed E-state index contributed by atoms with van der Waals surface area (Å²) in [7, 11) is 0. The highest BCUT2D eigenvalue weighted by atomic mass is 16.6. The molecule has 188 valence electrons. The minimum Gasteiger partial charge on any atom is -0.442 e. The number of aromatic nitrogens is 2. The first-order chi connectivity index (χ1) is 18.2. The van der Waals surface area contributed by atoms with Crippen LogP contribution in [0, 0.1) is 0 Å². The molecule has 1 aliphatic carbocycles. The molecule has 0 amide bonds. The first-order valence-electron chi connectivity index (χ1n) is 12.6. The molecule has 0 aliphatic heterocycles. The van der Waals surface area contributed by atoms with Crippen molar-refractivity contribution in [3.8, 4) is 11.3 Å². The van der Waals surface area contributed by atoms with Crippen LogP contribution in [0.25, 0.3) is 32.8 Å². The fourth-order valence-corrected chi connectivity index (χ4v) is 5.28. The van der Waals surface area contributed by atoms with Crippen LogP contribution in [-0.2, 0) is 9.53 Å². The molecule has 0 radical (unpaired) electrons. The Kier molecular flexibility index (Phi) is 5.49. The lowest BCUT2D eigenvalue weighted by Gasteiger charge is -2.25. The molecular formula is C32H26N2O4. The smallest absolute Gasteiger partial charge is 0.435 e. The number of ether oxygens (including phenoxy) is 1. The molecule has 6 rings (SSSR count). The number of benzene rings is 4. The largest absolute Gasteiger partial charge is 0.442 e. The van der Waals surface area contributed by atoms with Gasteiger partial charge in [-0.25, -0.2) is 4.79 Å². The van der Waals surface area contributed by atoms with Gasteiger partial charge in [0.2, 0.25) is 0 Å².